The van der Waals surface area contributed by atoms with E-state index < -0.39 is 11.7 Å². The minimum absolute atomic E-state index is 0.00163. The van der Waals surface area contributed by atoms with E-state index in [1.807, 2.05) is 6.19 Å². The number of likely N-dealkylation sites (tertiary alicyclic amines) is 1. The van der Waals surface area contributed by atoms with Crippen molar-refractivity contribution in [3.05, 3.63) is 42.0 Å². The van der Waals surface area contributed by atoms with Crippen molar-refractivity contribution in [1.29, 1.82) is 5.26 Å². The maximum atomic E-state index is 14.0. The summed E-state index contributed by atoms with van der Waals surface area (Å²) in [5, 5.41) is 15.7. The first-order valence-electron chi connectivity index (χ1n) is 7.31. The quantitative estimate of drug-likeness (QED) is 0.872. The molecule has 23 heavy (non-hydrogen) atoms. The molecule has 6 nitrogen and oxygen atoms in total. The molecule has 1 aliphatic rings. The van der Waals surface area contributed by atoms with Gasteiger partial charge in [0.25, 0.3) is 5.91 Å². The van der Waals surface area contributed by atoms with Crippen LogP contribution in [0.15, 0.2) is 30.6 Å². The molecule has 7 heteroatoms. The van der Waals surface area contributed by atoms with E-state index in [0.29, 0.717) is 19.5 Å². The zero-order valence-corrected chi connectivity index (χ0v) is 12.7. The number of aromatic nitrogens is 2. The van der Waals surface area contributed by atoms with Crippen LogP contribution in [0.4, 0.5) is 4.39 Å². The predicted molar refractivity (Wildman–Crippen MR) is 81.7 cm³/mol. The standard InChI is InChI=1S/C16H16FN5O/c1-21-8-12(7-19-21)11-2-3-15(17)14(6-11)16(23)20-13-4-5-22(9-13)10-18/h2-3,6-8,13H,4-5,9H2,1H3,(H,20,23)/t13-/m1/s1. The molecule has 2 heterocycles. The molecule has 1 aromatic heterocycles. The van der Waals surface area contributed by atoms with Gasteiger partial charge in [-0.25, -0.2) is 4.39 Å². The molecular formula is C16H16FN5O. The Kier molecular flexibility index (Phi) is 3.98. The van der Waals surface area contributed by atoms with Crippen molar-refractivity contribution in [2.75, 3.05) is 13.1 Å². The van der Waals surface area contributed by atoms with Crippen LogP contribution in [0.3, 0.4) is 0 Å². The lowest BCUT2D eigenvalue weighted by Crippen LogP contribution is -2.36. The lowest BCUT2D eigenvalue weighted by Gasteiger charge is -2.13. The van der Waals surface area contributed by atoms with Crippen molar-refractivity contribution in [3.8, 4) is 17.3 Å². The van der Waals surface area contributed by atoms with Crippen LogP contribution in [0.25, 0.3) is 11.1 Å². The molecule has 3 rings (SSSR count). The average molecular weight is 313 g/mol. The third-order valence-electron chi connectivity index (χ3n) is 3.91. The van der Waals surface area contributed by atoms with Gasteiger partial charge in [-0.05, 0) is 24.1 Å². The summed E-state index contributed by atoms with van der Waals surface area (Å²) in [5.74, 6) is -1.02. The lowest BCUT2D eigenvalue weighted by molar-refractivity contribution is 0.0935. The highest BCUT2D eigenvalue weighted by molar-refractivity contribution is 5.96. The number of hydrogen-bond donors (Lipinski definition) is 1. The molecule has 0 aliphatic carbocycles. The Balaban J connectivity index is 1.79. The molecule has 1 N–H and O–H groups in total. The number of hydrogen-bond acceptors (Lipinski definition) is 4. The van der Waals surface area contributed by atoms with Crippen molar-refractivity contribution < 1.29 is 9.18 Å². The summed E-state index contributed by atoms with van der Waals surface area (Å²) in [7, 11) is 1.79. The van der Waals surface area contributed by atoms with Crippen LogP contribution in [-0.2, 0) is 7.05 Å². The molecule has 1 aromatic carbocycles. The minimum Gasteiger partial charge on any atom is -0.347 e. The molecule has 0 spiro atoms. The molecule has 1 aliphatic heterocycles. The fraction of sp³-hybridized carbons (Fsp3) is 0.312. The van der Waals surface area contributed by atoms with Crippen LogP contribution in [-0.4, -0.2) is 39.7 Å². The maximum Gasteiger partial charge on any atom is 0.254 e. The van der Waals surface area contributed by atoms with Crippen LogP contribution < -0.4 is 5.32 Å². The second kappa shape index (κ2) is 6.08. The topological polar surface area (TPSA) is 74.0 Å². The first-order chi connectivity index (χ1) is 11.1. The summed E-state index contributed by atoms with van der Waals surface area (Å²) < 4.78 is 15.7. The maximum absolute atomic E-state index is 14.0. The van der Waals surface area contributed by atoms with Crippen molar-refractivity contribution in [3.63, 3.8) is 0 Å². The van der Waals surface area contributed by atoms with Gasteiger partial charge in [0.15, 0.2) is 6.19 Å². The van der Waals surface area contributed by atoms with Crippen LogP contribution in [0.2, 0.25) is 0 Å². The summed E-state index contributed by atoms with van der Waals surface area (Å²) in [6.45, 7) is 1.08. The number of carbonyl (C=O) groups is 1. The fourth-order valence-electron chi connectivity index (χ4n) is 2.68. The lowest BCUT2D eigenvalue weighted by atomic mass is 10.0. The minimum atomic E-state index is -0.565. The van der Waals surface area contributed by atoms with E-state index in [0.717, 1.165) is 11.1 Å². The van der Waals surface area contributed by atoms with Crippen molar-refractivity contribution in [2.45, 2.75) is 12.5 Å². The smallest absolute Gasteiger partial charge is 0.254 e. The number of nitrogens with one attached hydrogen (secondary N) is 1. The first-order valence-corrected chi connectivity index (χ1v) is 7.31. The Morgan fingerprint density at radius 2 is 2.30 bits per heavy atom. The first kappa shape index (κ1) is 15.0. The van der Waals surface area contributed by atoms with Crippen LogP contribution in [0.1, 0.15) is 16.8 Å². The highest BCUT2D eigenvalue weighted by Crippen LogP contribution is 2.22. The average Bonchev–Trinajstić information content (AvgIpc) is 3.16. The molecule has 2 aromatic rings. The Bertz CT molecular complexity index is 779. The number of aryl methyl sites for hydroxylation is 1. The zero-order valence-electron chi connectivity index (χ0n) is 12.7. The Morgan fingerprint density at radius 3 is 2.96 bits per heavy atom. The van der Waals surface area contributed by atoms with Gasteiger partial charge in [-0.3, -0.25) is 9.48 Å². The summed E-state index contributed by atoms with van der Waals surface area (Å²) in [5.41, 5.74) is 1.55. The summed E-state index contributed by atoms with van der Waals surface area (Å²) in [6, 6.07) is 4.30. The van der Waals surface area contributed by atoms with Crippen molar-refractivity contribution in [2.24, 2.45) is 7.05 Å². The number of benzene rings is 1. The second-order valence-electron chi connectivity index (χ2n) is 5.60. The van der Waals surface area contributed by atoms with E-state index in [1.54, 1.807) is 35.1 Å². The third-order valence-corrected chi connectivity index (χ3v) is 3.91. The van der Waals surface area contributed by atoms with Crippen molar-refractivity contribution in [1.82, 2.24) is 20.0 Å². The molecule has 0 radical (unpaired) electrons. The molecular weight excluding hydrogens is 297 g/mol. The highest BCUT2D eigenvalue weighted by Gasteiger charge is 2.24. The Hall–Kier alpha value is -2.88. The zero-order chi connectivity index (χ0) is 16.4. The number of amides is 1. The molecule has 1 amide bonds. The van der Waals surface area contributed by atoms with Crippen LogP contribution in [0, 0.1) is 17.3 Å². The van der Waals surface area contributed by atoms with Gasteiger partial charge in [0.1, 0.15) is 5.82 Å². The van der Waals surface area contributed by atoms with Gasteiger partial charge in [-0.15, -0.1) is 0 Å². The van der Waals surface area contributed by atoms with Crippen LogP contribution in [0.5, 0.6) is 0 Å². The van der Waals surface area contributed by atoms with Gasteiger partial charge >= 0.3 is 0 Å². The van der Waals surface area contributed by atoms with Gasteiger partial charge in [-0.2, -0.15) is 10.4 Å². The monoisotopic (exact) mass is 313 g/mol. The summed E-state index contributed by atoms with van der Waals surface area (Å²) in [4.78, 5) is 13.9. The van der Waals surface area contributed by atoms with Gasteiger partial charge in [0.05, 0.1) is 11.8 Å². The second-order valence-corrected chi connectivity index (χ2v) is 5.60. The Labute approximate surface area is 133 Å². The molecule has 1 fully saturated rings. The van der Waals surface area contributed by atoms with Gasteiger partial charge in [0, 0.05) is 37.9 Å². The number of carbonyl (C=O) groups excluding carboxylic acids is 1. The van der Waals surface area contributed by atoms with Gasteiger partial charge in [-0.1, -0.05) is 6.07 Å². The number of nitrogens with zero attached hydrogens (tertiary/aromatic N) is 4. The SMILES string of the molecule is Cn1cc(-c2ccc(F)c(C(=O)N[C@@H]3CCN(C#N)C3)c2)cn1. The normalized spacial score (nSPS) is 17.1. The molecule has 118 valence electrons. The molecule has 1 saturated heterocycles. The van der Waals surface area contributed by atoms with Crippen LogP contribution >= 0.6 is 0 Å². The largest absolute Gasteiger partial charge is 0.347 e. The number of halogens is 1. The molecule has 0 saturated carbocycles. The molecule has 1 atom stereocenters. The predicted octanol–water partition coefficient (Wildman–Crippen LogP) is 1.51. The van der Waals surface area contributed by atoms with E-state index in [1.165, 1.54) is 12.1 Å². The summed E-state index contributed by atoms with van der Waals surface area (Å²) >= 11 is 0. The molecule has 0 unspecified atom stereocenters. The fourth-order valence-corrected chi connectivity index (χ4v) is 2.68. The van der Waals surface area contributed by atoms with Crippen molar-refractivity contribution >= 4 is 5.91 Å². The van der Waals surface area contributed by atoms with E-state index in [9.17, 15) is 9.18 Å². The van der Waals surface area contributed by atoms with E-state index in [-0.39, 0.29) is 11.6 Å². The third kappa shape index (κ3) is 3.16. The number of nitriles is 1. The Morgan fingerprint density at radius 1 is 1.48 bits per heavy atom. The molecule has 0 bridgehead atoms. The van der Waals surface area contributed by atoms with E-state index >= 15 is 0 Å². The van der Waals surface area contributed by atoms with Gasteiger partial charge in [0.2, 0.25) is 0 Å². The van der Waals surface area contributed by atoms with E-state index in [2.05, 4.69) is 10.4 Å². The van der Waals surface area contributed by atoms with E-state index in [4.69, 9.17) is 5.26 Å². The highest BCUT2D eigenvalue weighted by atomic mass is 19.1. The van der Waals surface area contributed by atoms with Gasteiger partial charge < -0.3 is 10.2 Å². The number of rotatable bonds is 3. The summed E-state index contributed by atoms with van der Waals surface area (Å²) in [6.07, 6.45) is 6.20.